The van der Waals surface area contributed by atoms with E-state index >= 15 is 0 Å². The van der Waals surface area contributed by atoms with Crippen molar-refractivity contribution in [2.45, 2.75) is 77.4 Å². The Bertz CT molecular complexity index is 303. The Morgan fingerprint density at radius 3 is 2.50 bits per heavy atom. The number of esters is 1. The number of methoxy groups -OCH3 is 1. The molecule has 1 aliphatic carbocycles. The highest BCUT2D eigenvalue weighted by atomic mass is 16.5. The van der Waals surface area contributed by atoms with Gasteiger partial charge < -0.3 is 4.74 Å². The van der Waals surface area contributed by atoms with Gasteiger partial charge in [-0.25, -0.2) is 0 Å². The number of hydrogen-bond donors (Lipinski definition) is 1. The van der Waals surface area contributed by atoms with Gasteiger partial charge in [0.1, 0.15) is 5.54 Å². The van der Waals surface area contributed by atoms with Gasteiger partial charge in [-0.15, -0.1) is 0 Å². The highest BCUT2D eigenvalue weighted by Gasteiger charge is 2.40. The van der Waals surface area contributed by atoms with Gasteiger partial charge >= 0.3 is 5.97 Å². The van der Waals surface area contributed by atoms with Gasteiger partial charge in [0.25, 0.3) is 0 Å². The predicted octanol–water partition coefficient (Wildman–Crippen LogP) is 2.57. The fourth-order valence-electron chi connectivity index (χ4n) is 2.56. The Balaban J connectivity index is 2.65. The van der Waals surface area contributed by atoms with Crippen molar-refractivity contribution in [2.24, 2.45) is 0 Å². The Kier molecular flexibility index (Phi) is 6.96. The van der Waals surface area contributed by atoms with E-state index in [2.05, 4.69) is 31.0 Å². The molecule has 0 spiro atoms. The molecule has 1 unspecified atom stereocenters. The molecule has 0 aromatic rings. The third-order valence-electron chi connectivity index (χ3n) is 4.03. The molecule has 0 aromatic carbocycles. The SMILES string of the molecule is CCCCCN(CC(C)(NC1CC1)C(=O)OC)C(C)C. The van der Waals surface area contributed by atoms with Gasteiger partial charge in [-0.3, -0.25) is 15.0 Å². The summed E-state index contributed by atoms with van der Waals surface area (Å²) in [5.41, 5.74) is -0.591. The van der Waals surface area contributed by atoms with E-state index in [0.29, 0.717) is 12.1 Å². The highest BCUT2D eigenvalue weighted by molar-refractivity contribution is 5.80. The number of unbranched alkanes of at least 4 members (excludes halogenated alkanes) is 2. The van der Waals surface area contributed by atoms with E-state index < -0.39 is 5.54 Å². The minimum absolute atomic E-state index is 0.148. The Morgan fingerprint density at radius 2 is 2.05 bits per heavy atom. The summed E-state index contributed by atoms with van der Waals surface area (Å²) in [6.45, 7) is 10.4. The molecule has 0 saturated heterocycles. The van der Waals surface area contributed by atoms with Crippen molar-refractivity contribution in [1.82, 2.24) is 10.2 Å². The Morgan fingerprint density at radius 1 is 1.40 bits per heavy atom. The molecule has 0 aromatic heterocycles. The van der Waals surface area contributed by atoms with Gasteiger partial charge in [0, 0.05) is 18.6 Å². The van der Waals surface area contributed by atoms with Crippen LogP contribution in [-0.4, -0.2) is 48.7 Å². The lowest BCUT2D eigenvalue weighted by Gasteiger charge is -2.36. The number of nitrogens with zero attached hydrogens (tertiary/aromatic N) is 1. The normalized spacial score (nSPS) is 18.4. The van der Waals surface area contributed by atoms with E-state index in [1.54, 1.807) is 0 Å². The number of nitrogens with one attached hydrogen (secondary N) is 1. The molecule has 0 radical (unpaired) electrons. The van der Waals surface area contributed by atoms with Gasteiger partial charge in [0.2, 0.25) is 0 Å². The summed E-state index contributed by atoms with van der Waals surface area (Å²) in [7, 11) is 1.48. The zero-order valence-corrected chi connectivity index (χ0v) is 13.9. The summed E-state index contributed by atoms with van der Waals surface area (Å²) in [6.07, 6.45) is 6.00. The summed E-state index contributed by atoms with van der Waals surface area (Å²) in [5, 5.41) is 3.48. The summed E-state index contributed by atoms with van der Waals surface area (Å²) in [5.74, 6) is -0.148. The van der Waals surface area contributed by atoms with Gasteiger partial charge in [0.15, 0.2) is 0 Å². The molecule has 1 aliphatic rings. The average molecular weight is 284 g/mol. The quantitative estimate of drug-likeness (QED) is 0.494. The minimum atomic E-state index is -0.591. The van der Waals surface area contributed by atoms with Crippen molar-refractivity contribution in [2.75, 3.05) is 20.2 Å². The van der Waals surface area contributed by atoms with Crippen LogP contribution in [-0.2, 0) is 9.53 Å². The topological polar surface area (TPSA) is 41.6 Å². The second-order valence-corrected chi connectivity index (χ2v) is 6.51. The minimum Gasteiger partial charge on any atom is -0.468 e. The van der Waals surface area contributed by atoms with E-state index in [0.717, 1.165) is 13.1 Å². The summed E-state index contributed by atoms with van der Waals surface area (Å²) in [4.78, 5) is 14.6. The Labute approximate surface area is 124 Å². The maximum absolute atomic E-state index is 12.2. The van der Waals surface area contributed by atoms with Crippen LogP contribution >= 0.6 is 0 Å². The molecule has 0 aliphatic heterocycles. The maximum Gasteiger partial charge on any atom is 0.327 e. The largest absolute Gasteiger partial charge is 0.468 e. The molecule has 4 heteroatoms. The number of rotatable bonds is 10. The van der Waals surface area contributed by atoms with Crippen LogP contribution in [0.25, 0.3) is 0 Å². The first-order chi connectivity index (χ1) is 9.42. The lowest BCUT2D eigenvalue weighted by Crippen LogP contribution is -2.59. The van der Waals surface area contributed by atoms with Crippen LogP contribution in [0.2, 0.25) is 0 Å². The fourth-order valence-corrected chi connectivity index (χ4v) is 2.56. The molecule has 118 valence electrons. The van der Waals surface area contributed by atoms with E-state index in [9.17, 15) is 4.79 Å². The smallest absolute Gasteiger partial charge is 0.327 e. The molecule has 4 nitrogen and oxygen atoms in total. The van der Waals surface area contributed by atoms with Crippen molar-refractivity contribution >= 4 is 5.97 Å². The lowest BCUT2D eigenvalue weighted by atomic mass is 10.00. The number of hydrogen-bond acceptors (Lipinski definition) is 4. The van der Waals surface area contributed by atoms with Crippen LogP contribution in [0.4, 0.5) is 0 Å². The van der Waals surface area contributed by atoms with Gasteiger partial charge in [-0.05, 0) is 46.6 Å². The second kappa shape index (κ2) is 7.99. The first-order valence-electron chi connectivity index (χ1n) is 8.03. The van der Waals surface area contributed by atoms with E-state index in [1.807, 2.05) is 6.92 Å². The van der Waals surface area contributed by atoms with Crippen LogP contribution in [0.15, 0.2) is 0 Å². The molecule has 0 heterocycles. The Hall–Kier alpha value is -0.610. The van der Waals surface area contributed by atoms with Gasteiger partial charge in [-0.2, -0.15) is 0 Å². The molecule has 0 bridgehead atoms. The zero-order chi connectivity index (χ0) is 15.2. The van der Waals surface area contributed by atoms with Crippen molar-refractivity contribution in [3.05, 3.63) is 0 Å². The molecular weight excluding hydrogens is 252 g/mol. The molecule has 20 heavy (non-hydrogen) atoms. The summed E-state index contributed by atoms with van der Waals surface area (Å²) in [6, 6.07) is 0.931. The summed E-state index contributed by atoms with van der Waals surface area (Å²) < 4.78 is 5.02. The third-order valence-corrected chi connectivity index (χ3v) is 4.03. The number of ether oxygens (including phenoxy) is 1. The molecule has 0 amide bonds. The monoisotopic (exact) mass is 284 g/mol. The molecule has 1 fully saturated rings. The second-order valence-electron chi connectivity index (χ2n) is 6.51. The summed E-state index contributed by atoms with van der Waals surface area (Å²) >= 11 is 0. The third kappa shape index (κ3) is 5.41. The molecular formula is C16H32N2O2. The zero-order valence-electron chi connectivity index (χ0n) is 13.9. The molecule has 1 saturated carbocycles. The van der Waals surface area contributed by atoms with Crippen molar-refractivity contribution in [1.29, 1.82) is 0 Å². The average Bonchev–Trinajstić information content (AvgIpc) is 3.20. The first-order valence-corrected chi connectivity index (χ1v) is 8.03. The van der Waals surface area contributed by atoms with Crippen molar-refractivity contribution in [3.63, 3.8) is 0 Å². The fraction of sp³-hybridized carbons (Fsp3) is 0.938. The first kappa shape index (κ1) is 17.4. The molecule has 1 atom stereocenters. The number of carbonyl (C=O) groups excluding carboxylic acids is 1. The van der Waals surface area contributed by atoms with Crippen LogP contribution in [0.5, 0.6) is 0 Å². The van der Waals surface area contributed by atoms with Crippen molar-refractivity contribution in [3.8, 4) is 0 Å². The molecule has 1 rings (SSSR count). The van der Waals surface area contributed by atoms with Gasteiger partial charge in [-0.1, -0.05) is 19.8 Å². The molecule has 1 N–H and O–H groups in total. The van der Waals surface area contributed by atoms with Crippen molar-refractivity contribution < 1.29 is 9.53 Å². The van der Waals surface area contributed by atoms with E-state index in [1.165, 1.54) is 39.2 Å². The lowest BCUT2D eigenvalue weighted by molar-refractivity contribution is -0.149. The standard InChI is InChI=1S/C16H32N2O2/c1-6-7-8-11-18(13(2)3)12-16(4,15(19)20-5)17-14-9-10-14/h13-14,17H,6-12H2,1-5H3. The van der Waals surface area contributed by atoms with E-state index in [4.69, 9.17) is 4.74 Å². The predicted molar refractivity (Wildman–Crippen MR) is 82.8 cm³/mol. The highest BCUT2D eigenvalue weighted by Crippen LogP contribution is 2.24. The van der Waals surface area contributed by atoms with Crippen LogP contribution < -0.4 is 5.32 Å². The number of carbonyl (C=O) groups is 1. The van der Waals surface area contributed by atoms with E-state index in [-0.39, 0.29) is 5.97 Å². The van der Waals surface area contributed by atoms with Crippen LogP contribution in [0.1, 0.15) is 59.8 Å². The van der Waals surface area contributed by atoms with Gasteiger partial charge in [0.05, 0.1) is 7.11 Å². The maximum atomic E-state index is 12.2. The van der Waals surface area contributed by atoms with Crippen LogP contribution in [0, 0.1) is 0 Å². The van der Waals surface area contributed by atoms with Crippen LogP contribution in [0.3, 0.4) is 0 Å².